The molecule has 1 aliphatic rings. The fraction of sp³-hybridized carbons (Fsp3) is 0.462. The lowest BCUT2D eigenvalue weighted by Crippen LogP contribution is -2.42. The van der Waals surface area contributed by atoms with Crippen LogP contribution in [0.25, 0.3) is 10.3 Å². The van der Waals surface area contributed by atoms with Gasteiger partial charge in [0, 0.05) is 18.2 Å². The Morgan fingerprint density at radius 3 is 3.33 bits per heavy atom. The molecule has 1 saturated heterocycles. The molecule has 0 aliphatic carbocycles. The third-order valence-electron chi connectivity index (χ3n) is 3.47. The van der Waals surface area contributed by atoms with Crippen molar-refractivity contribution >= 4 is 27.5 Å². The summed E-state index contributed by atoms with van der Waals surface area (Å²) in [7, 11) is 0. The average molecular weight is 264 g/mol. The fourth-order valence-corrected chi connectivity index (χ4v) is 3.37. The van der Waals surface area contributed by atoms with Crippen molar-refractivity contribution in [3.05, 3.63) is 23.3 Å². The van der Waals surface area contributed by atoms with Gasteiger partial charge in [0.15, 0.2) is 0 Å². The summed E-state index contributed by atoms with van der Waals surface area (Å²) in [6.45, 7) is 3.12. The Hall–Kier alpha value is -1.33. The van der Waals surface area contributed by atoms with Crippen molar-refractivity contribution in [2.24, 2.45) is 0 Å². The average Bonchev–Trinajstić information content (AvgIpc) is 3.02. The highest BCUT2D eigenvalue weighted by molar-refractivity contribution is 7.20. The number of rotatable bonds is 3. The van der Waals surface area contributed by atoms with Crippen LogP contribution in [0, 0.1) is 0 Å². The SMILES string of the molecule is CC[C@@H]1NCC[C@H]1NC(=O)c1cc2occc2s1. The van der Waals surface area contributed by atoms with Crippen LogP contribution in [-0.4, -0.2) is 24.5 Å². The molecule has 96 valence electrons. The van der Waals surface area contributed by atoms with Gasteiger partial charge in [-0.2, -0.15) is 0 Å². The van der Waals surface area contributed by atoms with Crippen LogP contribution in [0.3, 0.4) is 0 Å². The number of thiophene rings is 1. The van der Waals surface area contributed by atoms with Crippen molar-refractivity contribution in [1.29, 1.82) is 0 Å². The molecule has 0 spiro atoms. The molecule has 5 heteroatoms. The zero-order chi connectivity index (χ0) is 12.5. The summed E-state index contributed by atoms with van der Waals surface area (Å²) >= 11 is 1.48. The highest BCUT2D eigenvalue weighted by Crippen LogP contribution is 2.26. The van der Waals surface area contributed by atoms with Gasteiger partial charge in [0.2, 0.25) is 0 Å². The zero-order valence-electron chi connectivity index (χ0n) is 10.2. The van der Waals surface area contributed by atoms with Crippen molar-refractivity contribution < 1.29 is 9.21 Å². The maximum atomic E-state index is 12.2. The minimum Gasteiger partial charge on any atom is -0.463 e. The summed E-state index contributed by atoms with van der Waals surface area (Å²) in [5.74, 6) is 0.0125. The van der Waals surface area contributed by atoms with Gasteiger partial charge in [0.1, 0.15) is 5.58 Å². The lowest BCUT2D eigenvalue weighted by atomic mass is 10.1. The lowest BCUT2D eigenvalue weighted by Gasteiger charge is -2.18. The predicted molar refractivity (Wildman–Crippen MR) is 72.0 cm³/mol. The van der Waals surface area contributed by atoms with Gasteiger partial charge in [0.25, 0.3) is 5.91 Å². The minimum absolute atomic E-state index is 0.0125. The topological polar surface area (TPSA) is 54.3 Å². The molecular formula is C13H16N2O2S. The maximum Gasteiger partial charge on any atom is 0.261 e. The second kappa shape index (κ2) is 4.74. The van der Waals surface area contributed by atoms with Crippen LogP contribution in [0.5, 0.6) is 0 Å². The van der Waals surface area contributed by atoms with E-state index in [0.717, 1.165) is 34.5 Å². The van der Waals surface area contributed by atoms with Crippen LogP contribution in [0.15, 0.2) is 22.8 Å². The first-order chi connectivity index (χ1) is 8.78. The Kier molecular flexibility index (Phi) is 3.09. The molecule has 3 heterocycles. The summed E-state index contributed by atoms with van der Waals surface area (Å²) in [4.78, 5) is 12.9. The fourth-order valence-electron chi connectivity index (χ4n) is 2.49. The molecule has 2 aromatic heterocycles. The van der Waals surface area contributed by atoms with Crippen LogP contribution in [0.1, 0.15) is 29.4 Å². The van der Waals surface area contributed by atoms with E-state index in [-0.39, 0.29) is 11.9 Å². The predicted octanol–water partition coefficient (Wildman–Crippen LogP) is 2.36. The van der Waals surface area contributed by atoms with E-state index >= 15 is 0 Å². The van der Waals surface area contributed by atoms with Crippen molar-refractivity contribution in [1.82, 2.24) is 10.6 Å². The van der Waals surface area contributed by atoms with Crippen LogP contribution in [0.2, 0.25) is 0 Å². The van der Waals surface area contributed by atoms with E-state index in [9.17, 15) is 4.79 Å². The Morgan fingerprint density at radius 2 is 2.56 bits per heavy atom. The molecule has 1 fully saturated rings. The molecule has 3 rings (SSSR count). The first-order valence-electron chi connectivity index (χ1n) is 6.29. The first kappa shape index (κ1) is 11.7. The molecule has 1 amide bonds. The van der Waals surface area contributed by atoms with Gasteiger partial charge in [-0.15, -0.1) is 11.3 Å². The van der Waals surface area contributed by atoms with Gasteiger partial charge in [-0.1, -0.05) is 6.92 Å². The van der Waals surface area contributed by atoms with E-state index in [2.05, 4.69) is 17.6 Å². The van der Waals surface area contributed by atoms with Gasteiger partial charge >= 0.3 is 0 Å². The molecule has 0 aromatic carbocycles. The number of hydrogen-bond donors (Lipinski definition) is 2. The molecule has 2 N–H and O–H groups in total. The number of furan rings is 1. The van der Waals surface area contributed by atoms with Crippen LogP contribution in [-0.2, 0) is 0 Å². The Bertz CT molecular complexity index is 532. The summed E-state index contributed by atoms with van der Waals surface area (Å²) < 4.78 is 6.30. The molecule has 0 unspecified atom stereocenters. The highest BCUT2D eigenvalue weighted by Gasteiger charge is 2.27. The highest BCUT2D eigenvalue weighted by atomic mass is 32.1. The second-order valence-electron chi connectivity index (χ2n) is 4.60. The van der Waals surface area contributed by atoms with Crippen LogP contribution < -0.4 is 10.6 Å². The third-order valence-corrected chi connectivity index (χ3v) is 4.55. The number of amides is 1. The normalized spacial score (nSPS) is 23.6. The van der Waals surface area contributed by atoms with Crippen LogP contribution in [0.4, 0.5) is 0 Å². The van der Waals surface area contributed by atoms with Gasteiger partial charge in [-0.25, -0.2) is 0 Å². The first-order valence-corrected chi connectivity index (χ1v) is 7.11. The molecule has 2 aromatic rings. The van der Waals surface area contributed by atoms with E-state index in [1.54, 1.807) is 6.26 Å². The molecule has 0 bridgehead atoms. The van der Waals surface area contributed by atoms with E-state index in [1.807, 2.05) is 12.1 Å². The zero-order valence-corrected chi connectivity index (χ0v) is 11.0. The Morgan fingerprint density at radius 1 is 1.67 bits per heavy atom. The molecule has 0 radical (unpaired) electrons. The Balaban J connectivity index is 1.73. The van der Waals surface area contributed by atoms with Crippen molar-refractivity contribution in [2.75, 3.05) is 6.54 Å². The van der Waals surface area contributed by atoms with Crippen molar-refractivity contribution in [2.45, 2.75) is 31.8 Å². The van der Waals surface area contributed by atoms with Crippen LogP contribution >= 0.6 is 11.3 Å². The number of nitrogens with one attached hydrogen (secondary N) is 2. The monoisotopic (exact) mass is 264 g/mol. The lowest BCUT2D eigenvalue weighted by molar-refractivity contribution is 0.0937. The third kappa shape index (κ3) is 2.04. The standard InChI is InChI=1S/C13H16N2O2S/c1-2-8-9(3-5-14-8)15-13(16)12-7-10-11(18-12)4-6-17-10/h4,6-9,14H,2-3,5H2,1H3,(H,15,16)/t8-,9+/m0/s1. The minimum atomic E-state index is 0.0125. The number of hydrogen-bond acceptors (Lipinski definition) is 4. The van der Waals surface area contributed by atoms with Gasteiger partial charge in [-0.05, 0) is 25.5 Å². The quantitative estimate of drug-likeness (QED) is 0.895. The van der Waals surface area contributed by atoms with E-state index in [0.29, 0.717) is 6.04 Å². The van der Waals surface area contributed by atoms with Gasteiger partial charge in [-0.3, -0.25) is 4.79 Å². The Labute approximate surface area is 109 Å². The summed E-state index contributed by atoms with van der Waals surface area (Å²) in [6, 6.07) is 4.36. The van der Waals surface area contributed by atoms with Crippen molar-refractivity contribution in [3.63, 3.8) is 0 Å². The van der Waals surface area contributed by atoms with E-state index in [4.69, 9.17) is 4.42 Å². The van der Waals surface area contributed by atoms with E-state index < -0.39 is 0 Å². The smallest absolute Gasteiger partial charge is 0.261 e. The molecule has 2 atom stereocenters. The summed E-state index contributed by atoms with van der Waals surface area (Å²) in [5, 5.41) is 6.52. The van der Waals surface area contributed by atoms with Crippen molar-refractivity contribution in [3.8, 4) is 0 Å². The molecule has 18 heavy (non-hydrogen) atoms. The molecule has 4 nitrogen and oxygen atoms in total. The molecule has 0 saturated carbocycles. The van der Waals surface area contributed by atoms with Gasteiger partial charge < -0.3 is 15.1 Å². The molecular weight excluding hydrogens is 248 g/mol. The molecule has 1 aliphatic heterocycles. The summed E-state index contributed by atoms with van der Waals surface area (Å²) in [6.07, 6.45) is 3.69. The summed E-state index contributed by atoms with van der Waals surface area (Å²) in [5.41, 5.74) is 0.793. The van der Waals surface area contributed by atoms with Gasteiger partial charge in [0.05, 0.1) is 15.8 Å². The number of fused-ring (bicyclic) bond motifs is 1. The largest absolute Gasteiger partial charge is 0.463 e. The maximum absolute atomic E-state index is 12.2. The van der Waals surface area contributed by atoms with E-state index in [1.165, 1.54) is 11.3 Å². The number of carbonyl (C=O) groups excluding carboxylic acids is 1. The number of carbonyl (C=O) groups is 1. The second-order valence-corrected chi connectivity index (χ2v) is 5.68.